The topological polar surface area (TPSA) is 52.1 Å². The van der Waals surface area contributed by atoms with E-state index < -0.39 is 11.8 Å². The summed E-state index contributed by atoms with van der Waals surface area (Å²) in [6.07, 6.45) is 3.03. The van der Waals surface area contributed by atoms with Crippen LogP contribution in [-0.2, 0) is 11.3 Å². The number of aromatic nitrogens is 2. The molecule has 0 atom stereocenters. The summed E-state index contributed by atoms with van der Waals surface area (Å²) in [5.41, 5.74) is 1.05. The zero-order chi connectivity index (χ0) is 13.0. The number of carbonyl (C=O) groups is 1. The molecule has 18 heavy (non-hydrogen) atoms. The monoisotopic (exact) mass is 246 g/mol. The van der Waals surface area contributed by atoms with E-state index in [2.05, 4.69) is 9.97 Å². The van der Waals surface area contributed by atoms with Crippen LogP contribution in [-0.4, -0.2) is 15.9 Å². The quantitative estimate of drug-likeness (QED) is 0.779. The SMILES string of the molecule is Cc1ncccc1C(=O)OCc1ncccc1F. The molecule has 0 saturated heterocycles. The van der Waals surface area contributed by atoms with Gasteiger partial charge < -0.3 is 4.74 Å². The number of pyridine rings is 2. The average molecular weight is 246 g/mol. The smallest absolute Gasteiger partial charge is 0.340 e. The molecule has 0 saturated carbocycles. The molecule has 0 unspecified atom stereocenters. The summed E-state index contributed by atoms with van der Waals surface area (Å²) >= 11 is 0. The van der Waals surface area contributed by atoms with Crippen LogP contribution in [0.15, 0.2) is 36.7 Å². The highest BCUT2D eigenvalue weighted by Crippen LogP contribution is 2.09. The Morgan fingerprint density at radius 2 is 2.00 bits per heavy atom. The summed E-state index contributed by atoms with van der Waals surface area (Å²) in [6.45, 7) is 1.51. The highest BCUT2D eigenvalue weighted by molar-refractivity contribution is 5.90. The number of hydrogen-bond donors (Lipinski definition) is 0. The minimum Gasteiger partial charge on any atom is -0.455 e. The maximum Gasteiger partial charge on any atom is 0.340 e. The first-order valence-corrected chi connectivity index (χ1v) is 5.36. The first-order valence-electron chi connectivity index (χ1n) is 5.36. The van der Waals surface area contributed by atoms with Crippen molar-refractivity contribution in [3.8, 4) is 0 Å². The van der Waals surface area contributed by atoms with E-state index in [1.807, 2.05) is 0 Å². The molecule has 0 fully saturated rings. The minimum atomic E-state index is -0.536. The van der Waals surface area contributed by atoms with Crippen molar-refractivity contribution in [1.82, 2.24) is 9.97 Å². The molecule has 0 aliphatic carbocycles. The summed E-state index contributed by atoms with van der Waals surface area (Å²) in [7, 11) is 0. The van der Waals surface area contributed by atoms with Crippen LogP contribution in [0.2, 0.25) is 0 Å². The molecule has 0 aliphatic heterocycles. The van der Waals surface area contributed by atoms with E-state index in [1.54, 1.807) is 25.3 Å². The van der Waals surface area contributed by atoms with Crippen molar-refractivity contribution < 1.29 is 13.9 Å². The number of ether oxygens (including phenoxy) is 1. The molecular formula is C13H11FN2O2. The van der Waals surface area contributed by atoms with Gasteiger partial charge in [-0.3, -0.25) is 9.97 Å². The molecule has 0 spiro atoms. The lowest BCUT2D eigenvalue weighted by atomic mass is 10.2. The van der Waals surface area contributed by atoms with Gasteiger partial charge in [-0.25, -0.2) is 9.18 Å². The van der Waals surface area contributed by atoms with Crippen LogP contribution in [0.1, 0.15) is 21.7 Å². The minimum absolute atomic E-state index is 0.104. The number of carbonyl (C=O) groups excluding carboxylic acids is 1. The maximum atomic E-state index is 13.3. The molecule has 0 bridgehead atoms. The first-order chi connectivity index (χ1) is 8.68. The predicted octanol–water partition coefficient (Wildman–Crippen LogP) is 2.28. The summed E-state index contributed by atoms with van der Waals surface area (Å²) in [6, 6.07) is 6.00. The van der Waals surface area contributed by atoms with Gasteiger partial charge in [-0.05, 0) is 31.2 Å². The zero-order valence-electron chi connectivity index (χ0n) is 9.76. The standard InChI is InChI=1S/C13H11FN2O2/c1-9-10(4-2-6-15-9)13(17)18-8-12-11(14)5-3-7-16-12/h2-7H,8H2,1H3. The van der Waals surface area contributed by atoms with Crippen LogP contribution in [0.25, 0.3) is 0 Å². The lowest BCUT2D eigenvalue weighted by molar-refractivity contribution is 0.0462. The van der Waals surface area contributed by atoms with Gasteiger partial charge in [-0.1, -0.05) is 0 Å². The van der Waals surface area contributed by atoms with Gasteiger partial charge in [0.2, 0.25) is 0 Å². The molecular weight excluding hydrogens is 235 g/mol. The van der Waals surface area contributed by atoms with Crippen LogP contribution in [0.4, 0.5) is 4.39 Å². The van der Waals surface area contributed by atoms with Gasteiger partial charge in [0, 0.05) is 12.4 Å². The van der Waals surface area contributed by atoms with E-state index in [1.165, 1.54) is 18.3 Å². The number of hydrogen-bond acceptors (Lipinski definition) is 4. The fourth-order valence-corrected chi connectivity index (χ4v) is 1.44. The molecule has 2 aromatic heterocycles. The number of aryl methyl sites for hydroxylation is 1. The summed E-state index contributed by atoms with van der Waals surface area (Å²) < 4.78 is 18.2. The second kappa shape index (κ2) is 5.35. The summed E-state index contributed by atoms with van der Waals surface area (Å²) in [5, 5.41) is 0. The van der Waals surface area contributed by atoms with Gasteiger partial charge in [0.15, 0.2) is 0 Å². The molecule has 5 heteroatoms. The van der Waals surface area contributed by atoms with Gasteiger partial charge in [0.05, 0.1) is 11.3 Å². The van der Waals surface area contributed by atoms with Crippen molar-refractivity contribution in [2.45, 2.75) is 13.5 Å². The molecule has 0 amide bonds. The van der Waals surface area contributed by atoms with Gasteiger partial charge in [-0.15, -0.1) is 0 Å². The molecule has 4 nitrogen and oxygen atoms in total. The molecule has 2 heterocycles. The van der Waals surface area contributed by atoms with E-state index in [4.69, 9.17) is 4.74 Å². The lowest BCUT2D eigenvalue weighted by Gasteiger charge is -2.06. The molecule has 92 valence electrons. The summed E-state index contributed by atoms with van der Waals surface area (Å²) in [5.74, 6) is -1.03. The van der Waals surface area contributed by atoms with Crippen molar-refractivity contribution in [3.05, 3.63) is 59.4 Å². The number of esters is 1. The fraction of sp³-hybridized carbons (Fsp3) is 0.154. The first kappa shape index (κ1) is 12.2. The Labute approximate surface area is 103 Å². The Balaban J connectivity index is 2.06. The van der Waals surface area contributed by atoms with Gasteiger partial charge in [-0.2, -0.15) is 0 Å². The van der Waals surface area contributed by atoms with Crippen LogP contribution < -0.4 is 0 Å². The van der Waals surface area contributed by atoms with Crippen LogP contribution in [0.3, 0.4) is 0 Å². The van der Waals surface area contributed by atoms with E-state index in [0.717, 1.165) is 0 Å². The number of halogens is 1. The van der Waals surface area contributed by atoms with Crippen LogP contribution in [0, 0.1) is 12.7 Å². The Hall–Kier alpha value is -2.30. The highest BCUT2D eigenvalue weighted by atomic mass is 19.1. The highest BCUT2D eigenvalue weighted by Gasteiger charge is 2.12. The normalized spacial score (nSPS) is 10.1. The molecule has 0 aromatic carbocycles. The van der Waals surface area contributed by atoms with E-state index in [-0.39, 0.29) is 12.3 Å². The third-order valence-electron chi connectivity index (χ3n) is 2.40. The molecule has 2 aromatic rings. The van der Waals surface area contributed by atoms with Gasteiger partial charge in [0.25, 0.3) is 0 Å². The zero-order valence-corrected chi connectivity index (χ0v) is 9.76. The number of rotatable bonds is 3. The Bertz CT molecular complexity index is 572. The molecule has 2 rings (SSSR count). The van der Waals surface area contributed by atoms with Crippen LogP contribution >= 0.6 is 0 Å². The second-order valence-electron chi connectivity index (χ2n) is 3.64. The molecule has 0 radical (unpaired) electrons. The van der Waals surface area contributed by atoms with Crippen molar-refractivity contribution in [2.24, 2.45) is 0 Å². The Morgan fingerprint density at radius 3 is 2.72 bits per heavy atom. The largest absolute Gasteiger partial charge is 0.455 e. The number of nitrogens with zero attached hydrogens (tertiary/aromatic N) is 2. The fourth-order valence-electron chi connectivity index (χ4n) is 1.44. The molecule has 0 aliphatic rings. The second-order valence-corrected chi connectivity index (χ2v) is 3.64. The average Bonchev–Trinajstić information content (AvgIpc) is 2.38. The van der Waals surface area contributed by atoms with Crippen molar-refractivity contribution in [3.63, 3.8) is 0 Å². The summed E-state index contributed by atoms with van der Waals surface area (Å²) in [4.78, 5) is 19.5. The van der Waals surface area contributed by atoms with E-state index in [0.29, 0.717) is 11.3 Å². The van der Waals surface area contributed by atoms with Crippen LogP contribution in [0.5, 0.6) is 0 Å². The Kier molecular flexibility index (Phi) is 3.62. The van der Waals surface area contributed by atoms with E-state index in [9.17, 15) is 9.18 Å². The predicted molar refractivity (Wildman–Crippen MR) is 62.3 cm³/mol. The van der Waals surface area contributed by atoms with E-state index >= 15 is 0 Å². The Morgan fingerprint density at radius 1 is 1.28 bits per heavy atom. The van der Waals surface area contributed by atoms with Gasteiger partial charge in [0.1, 0.15) is 18.1 Å². The van der Waals surface area contributed by atoms with Gasteiger partial charge >= 0.3 is 5.97 Å². The lowest BCUT2D eigenvalue weighted by Crippen LogP contribution is -2.09. The van der Waals surface area contributed by atoms with Crippen molar-refractivity contribution in [2.75, 3.05) is 0 Å². The molecule has 0 N–H and O–H groups in total. The van der Waals surface area contributed by atoms with Crippen molar-refractivity contribution in [1.29, 1.82) is 0 Å². The maximum absolute atomic E-state index is 13.3. The third-order valence-corrected chi connectivity index (χ3v) is 2.40. The van der Waals surface area contributed by atoms with Crippen molar-refractivity contribution >= 4 is 5.97 Å². The third kappa shape index (κ3) is 2.68.